The maximum atomic E-state index is 13.2. The van der Waals surface area contributed by atoms with Crippen molar-refractivity contribution in [3.63, 3.8) is 0 Å². The van der Waals surface area contributed by atoms with Crippen molar-refractivity contribution in [3.05, 3.63) is 47.6 Å². The first-order valence-electron chi connectivity index (χ1n) is 9.21. The Labute approximate surface area is 163 Å². The van der Waals surface area contributed by atoms with E-state index in [4.69, 9.17) is 16.3 Å². The number of nitrogens with zero attached hydrogens (tertiary/aromatic N) is 4. The van der Waals surface area contributed by atoms with Crippen LogP contribution in [0.15, 0.2) is 42.6 Å². The Morgan fingerprint density at radius 3 is 2.78 bits per heavy atom. The van der Waals surface area contributed by atoms with E-state index >= 15 is 0 Å². The normalized spacial score (nSPS) is 22.6. The van der Waals surface area contributed by atoms with Crippen molar-refractivity contribution >= 4 is 29.1 Å². The van der Waals surface area contributed by atoms with Crippen LogP contribution >= 0.6 is 11.6 Å². The topological polar surface area (TPSA) is 48.9 Å². The summed E-state index contributed by atoms with van der Waals surface area (Å²) in [5, 5.41) is 0.614. The Balaban J connectivity index is 1.26. The van der Waals surface area contributed by atoms with Gasteiger partial charge in [-0.25, -0.2) is 9.78 Å². The molecule has 2 fully saturated rings. The highest BCUT2D eigenvalue weighted by atomic mass is 35.5. The maximum absolute atomic E-state index is 13.2. The summed E-state index contributed by atoms with van der Waals surface area (Å²) in [6.45, 7) is 5.99. The summed E-state index contributed by atoms with van der Waals surface area (Å²) in [4.78, 5) is 23.6. The van der Waals surface area contributed by atoms with Crippen molar-refractivity contribution in [2.45, 2.75) is 13.0 Å². The summed E-state index contributed by atoms with van der Waals surface area (Å²) in [5.74, 6) is 1.69. The molecule has 3 aliphatic heterocycles. The predicted octanol–water partition coefficient (Wildman–Crippen LogP) is 3.26. The van der Waals surface area contributed by atoms with Crippen LogP contribution in [0.5, 0.6) is 5.75 Å². The van der Waals surface area contributed by atoms with Gasteiger partial charge in [-0.05, 0) is 31.2 Å². The van der Waals surface area contributed by atoms with Crippen molar-refractivity contribution in [2.75, 3.05) is 42.6 Å². The number of hydrogen-bond acceptors (Lipinski definition) is 4. The molecule has 5 rings (SSSR count). The van der Waals surface area contributed by atoms with E-state index < -0.39 is 0 Å². The van der Waals surface area contributed by atoms with Gasteiger partial charge in [-0.1, -0.05) is 17.7 Å². The average molecular weight is 385 g/mol. The van der Waals surface area contributed by atoms with Gasteiger partial charge >= 0.3 is 6.03 Å². The van der Waals surface area contributed by atoms with Crippen molar-refractivity contribution in [1.29, 1.82) is 0 Å². The first-order chi connectivity index (χ1) is 13.0. The number of aromatic nitrogens is 1. The number of rotatable bonds is 1. The second-order valence-electron chi connectivity index (χ2n) is 7.82. The summed E-state index contributed by atoms with van der Waals surface area (Å²) in [5.41, 5.74) is 1.01. The van der Waals surface area contributed by atoms with E-state index in [1.165, 1.54) is 0 Å². The van der Waals surface area contributed by atoms with Gasteiger partial charge in [-0.3, -0.25) is 4.90 Å². The zero-order chi connectivity index (χ0) is 18.6. The summed E-state index contributed by atoms with van der Waals surface area (Å²) < 4.78 is 5.75. The molecule has 140 valence electrons. The third-order valence-electron chi connectivity index (χ3n) is 5.66. The zero-order valence-electron chi connectivity index (χ0n) is 15.1. The van der Waals surface area contributed by atoms with E-state index in [1.54, 1.807) is 12.1 Å². The van der Waals surface area contributed by atoms with Crippen LogP contribution < -0.4 is 14.5 Å². The standard InChI is InChI=1S/C20H21ClN4O2/c1-14-9-27-17-8-15(21)5-6-16(17)25(14)19(26)24-12-20(13-24)10-23(11-20)18-4-2-3-7-22-18/h2-8,14H,9-13H2,1H3. The quantitative estimate of drug-likeness (QED) is 0.757. The highest BCUT2D eigenvalue weighted by molar-refractivity contribution is 6.30. The Kier molecular flexibility index (Phi) is 3.72. The summed E-state index contributed by atoms with van der Waals surface area (Å²) >= 11 is 6.07. The number of hydrogen-bond donors (Lipinski definition) is 0. The van der Waals surface area contributed by atoms with Crippen molar-refractivity contribution in [1.82, 2.24) is 9.88 Å². The van der Waals surface area contributed by atoms with E-state index in [1.807, 2.05) is 47.2 Å². The molecular formula is C20H21ClN4O2. The Bertz CT molecular complexity index is 877. The Hall–Kier alpha value is -2.47. The number of likely N-dealkylation sites (tertiary alicyclic amines) is 1. The molecule has 1 aromatic heterocycles. The highest BCUT2D eigenvalue weighted by Crippen LogP contribution is 2.43. The molecule has 2 saturated heterocycles. The molecule has 6 nitrogen and oxygen atoms in total. The minimum Gasteiger partial charge on any atom is -0.489 e. The zero-order valence-corrected chi connectivity index (χ0v) is 15.9. The number of pyridine rings is 1. The number of amides is 2. The number of anilines is 2. The average Bonchev–Trinajstić information content (AvgIpc) is 2.60. The Morgan fingerprint density at radius 2 is 2.04 bits per heavy atom. The minimum absolute atomic E-state index is 0.00543. The van der Waals surface area contributed by atoms with Gasteiger partial charge in [0.25, 0.3) is 0 Å². The van der Waals surface area contributed by atoms with Crippen LogP contribution in [0.3, 0.4) is 0 Å². The molecule has 27 heavy (non-hydrogen) atoms. The molecule has 2 aromatic rings. The second-order valence-corrected chi connectivity index (χ2v) is 8.26. The van der Waals surface area contributed by atoms with Crippen LogP contribution in [0.4, 0.5) is 16.3 Å². The molecule has 0 radical (unpaired) electrons. The molecule has 3 aliphatic rings. The second kappa shape index (κ2) is 6.02. The molecule has 2 amide bonds. The van der Waals surface area contributed by atoms with Crippen LogP contribution in [-0.4, -0.2) is 54.7 Å². The molecule has 0 aliphatic carbocycles. The lowest BCUT2D eigenvalue weighted by molar-refractivity contribution is 0.00858. The predicted molar refractivity (Wildman–Crippen MR) is 105 cm³/mol. The number of ether oxygens (including phenoxy) is 1. The smallest absolute Gasteiger partial charge is 0.325 e. The number of urea groups is 1. The molecule has 7 heteroatoms. The monoisotopic (exact) mass is 384 g/mol. The molecule has 1 atom stereocenters. The molecule has 4 heterocycles. The van der Waals surface area contributed by atoms with Crippen LogP contribution in [-0.2, 0) is 0 Å². The van der Waals surface area contributed by atoms with Crippen molar-refractivity contribution < 1.29 is 9.53 Å². The molecule has 0 N–H and O–H groups in total. The van der Waals surface area contributed by atoms with Crippen molar-refractivity contribution in [3.8, 4) is 5.75 Å². The molecular weight excluding hydrogens is 364 g/mol. The number of carbonyl (C=O) groups excluding carboxylic acids is 1. The van der Waals surface area contributed by atoms with Gasteiger partial charge in [0.05, 0.1) is 11.7 Å². The van der Waals surface area contributed by atoms with Gasteiger partial charge in [0, 0.05) is 48.9 Å². The van der Waals surface area contributed by atoms with Gasteiger partial charge in [0.15, 0.2) is 0 Å². The van der Waals surface area contributed by atoms with E-state index in [0.717, 1.165) is 37.7 Å². The lowest BCUT2D eigenvalue weighted by Gasteiger charge is -2.61. The first-order valence-corrected chi connectivity index (χ1v) is 9.59. The number of benzene rings is 1. The first kappa shape index (κ1) is 16.7. The SMILES string of the molecule is CC1COc2cc(Cl)ccc2N1C(=O)N1CC2(C1)CN(c1ccccn1)C2. The molecule has 1 unspecified atom stereocenters. The van der Waals surface area contributed by atoms with Crippen LogP contribution in [0, 0.1) is 5.41 Å². The minimum atomic E-state index is -0.00543. The fraction of sp³-hybridized carbons (Fsp3) is 0.400. The van der Waals surface area contributed by atoms with Gasteiger partial charge in [0.1, 0.15) is 18.2 Å². The van der Waals surface area contributed by atoms with E-state index in [2.05, 4.69) is 9.88 Å². The third kappa shape index (κ3) is 2.70. The lowest BCUT2D eigenvalue weighted by atomic mass is 9.73. The largest absolute Gasteiger partial charge is 0.489 e. The van der Waals surface area contributed by atoms with Crippen LogP contribution in [0.1, 0.15) is 6.92 Å². The van der Waals surface area contributed by atoms with Crippen LogP contribution in [0.25, 0.3) is 0 Å². The lowest BCUT2D eigenvalue weighted by Crippen LogP contribution is -2.74. The number of fused-ring (bicyclic) bond motifs is 1. The van der Waals surface area contributed by atoms with E-state index in [-0.39, 0.29) is 17.5 Å². The van der Waals surface area contributed by atoms with Gasteiger partial charge in [0.2, 0.25) is 0 Å². The highest BCUT2D eigenvalue weighted by Gasteiger charge is 2.54. The summed E-state index contributed by atoms with van der Waals surface area (Å²) in [6, 6.07) is 11.5. The van der Waals surface area contributed by atoms with Gasteiger partial charge in [-0.15, -0.1) is 0 Å². The Morgan fingerprint density at radius 1 is 1.22 bits per heavy atom. The third-order valence-corrected chi connectivity index (χ3v) is 5.89. The summed E-state index contributed by atoms with van der Waals surface area (Å²) in [6.07, 6.45) is 1.82. The fourth-order valence-electron chi connectivity index (χ4n) is 4.33. The maximum Gasteiger partial charge on any atom is 0.325 e. The molecule has 1 spiro atoms. The van der Waals surface area contributed by atoms with Crippen molar-refractivity contribution in [2.24, 2.45) is 5.41 Å². The van der Waals surface area contributed by atoms with E-state index in [9.17, 15) is 4.79 Å². The van der Waals surface area contributed by atoms with Gasteiger partial charge < -0.3 is 14.5 Å². The molecule has 0 bridgehead atoms. The van der Waals surface area contributed by atoms with E-state index in [0.29, 0.717) is 17.4 Å². The summed E-state index contributed by atoms with van der Waals surface area (Å²) in [7, 11) is 0. The van der Waals surface area contributed by atoms with Gasteiger partial charge in [-0.2, -0.15) is 0 Å². The number of carbonyl (C=O) groups is 1. The number of halogens is 1. The molecule has 1 aromatic carbocycles. The van der Waals surface area contributed by atoms with Crippen LogP contribution in [0.2, 0.25) is 5.02 Å². The molecule has 0 saturated carbocycles. The fourth-order valence-corrected chi connectivity index (χ4v) is 4.50.